The summed E-state index contributed by atoms with van der Waals surface area (Å²) in [6.07, 6.45) is 4.78. The summed E-state index contributed by atoms with van der Waals surface area (Å²) in [5.41, 5.74) is 5.95. The molecule has 0 aromatic heterocycles. The summed E-state index contributed by atoms with van der Waals surface area (Å²) in [7, 11) is -3.33. The van der Waals surface area contributed by atoms with E-state index in [1.807, 2.05) is 6.92 Å². The molecule has 2 rings (SSSR count). The highest BCUT2D eigenvalue weighted by Gasteiger charge is 2.38. The molecule has 0 aromatic rings. The van der Waals surface area contributed by atoms with Crippen molar-refractivity contribution in [3.8, 4) is 0 Å². The first-order valence-corrected chi connectivity index (χ1v) is 9.76. The minimum atomic E-state index is -3.33. The van der Waals surface area contributed by atoms with Gasteiger partial charge in [0.2, 0.25) is 0 Å². The molecule has 1 saturated heterocycles. The van der Waals surface area contributed by atoms with E-state index in [1.54, 1.807) is 8.61 Å². The maximum Gasteiger partial charge on any atom is 0.282 e. The molecule has 2 atom stereocenters. The third-order valence-corrected chi connectivity index (χ3v) is 7.02. The van der Waals surface area contributed by atoms with Gasteiger partial charge < -0.3 is 5.73 Å². The Labute approximate surface area is 130 Å². The molecule has 21 heavy (non-hydrogen) atoms. The van der Waals surface area contributed by atoms with Gasteiger partial charge in [-0.25, -0.2) is 0 Å². The van der Waals surface area contributed by atoms with Crippen molar-refractivity contribution in [1.29, 1.82) is 0 Å². The number of nitrogens with zero attached hydrogens (tertiary/aromatic N) is 2. The Morgan fingerprint density at radius 3 is 2.10 bits per heavy atom. The highest BCUT2D eigenvalue weighted by atomic mass is 32.2. The predicted octanol–water partition coefficient (Wildman–Crippen LogP) is 1.80. The molecule has 0 amide bonds. The summed E-state index contributed by atoms with van der Waals surface area (Å²) in [5.74, 6) is 0.893. The monoisotopic (exact) mass is 317 g/mol. The van der Waals surface area contributed by atoms with Crippen LogP contribution in [0.5, 0.6) is 0 Å². The summed E-state index contributed by atoms with van der Waals surface area (Å²) in [6.45, 7) is 8.12. The molecule has 0 bridgehead atoms. The molecule has 0 radical (unpaired) electrons. The molecule has 1 aliphatic carbocycles. The van der Waals surface area contributed by atoms with E-state index in [9.17, 15) is 8.42 Å². The molecule has 5 nitrogen and oxygen atoms in total. The van der Waals surface area contributed by atoms with Gasteiger partial charge in [-0.2, -0.15) is 17.0 Å². The Morgan fingerprint density at radius 1 is 1.10 bits per heavy atom. The largest absolute Gasteiger partial charge is 0.328 e. The third-order valence-electron chi connectivity index (χ3n) is 4.92. The van der Waals surface area contributed by atoms with Gasteiger partial charge in [-0.15, -0.1) is 0 Å². The molecule has 2 fully saturated rings. The fraction of sp³-hybridized carbons (Fsp3) is 1.00. The zero-order valence-corrected chi connectivity index (χ0v) is 14.5. The first-order chi connectivity index (χ1) is 9.84. The van der Waals surface area contributed by atoms with Gasteiger partial charge in [0.05, 0.1) is 0 Å². The Balaban J connectivity index is 2.11. The van der Waals surface area contributed by atoms with Crippen molar-refractivity contribution in [3.63, 3.8) is 0 Å². The lowest BCUT2D eigenvalue weighted by molar-refractivity contribution is 0.187. The second-order valence-corrected chi connectivity index (χ2v) is 8.92. The molecule has 124 valence electrons. The van der Waals surface area contributed by atoms with Crippen LogP contribution in [0, 0.1) is 11.8 Å². The van der Waals surface area contributed by atoms with Crippen molar-refractivity contribution < 1.29 is 8.42 Å². The second-order valence-electron chi connectivity index (χ2n) is 7.04. The Morgan fingerprint density at radius 2 is 1.62 bits per heavy atom. The summed E-state index contributed by atoms with van der Waals surface area (Å²) < 4.78 is 29.5. The van der Waals surface area contributed by atoms with Crippen LogP contribution in [0.4, 0.5) is 0 Å². The lowest BCUT2D eigenvalue weighted by atomic mass is 9.92. The van der Waals surface area contributed by atoms with E-state index in [4.69, 9.17) is 5.73 Å². The van der Waals surface area contributed by atoms with Crippen LogP contribution >= 0.6 is 0 Å². The van der Waals surface area contributed by atoms with Crippen LogP contribution in [0.2, 0.25) is 0 Å². The number of rotatable bonds is 4. The zero-order chi connectivity index (χ0) is 15.6. The van der Waals surface area contributed by atoms with Gasteiger partial charge in [-0.1, -0.05) is 20.8 Å². The van der Waals surface area contributed by atoms with Crippen molar-refractivity contribution in [3.05, 3.63) is 0 Å². The lowest BCUT2D eigenvalue weighted by Gasteiger charge is -2.41. The first kappa shape index (κ1) is 17.2. The zero-order valence-electron chi connectivity index (χ0n) is 13.7. The van der Waals surface area contributed by atoms with Crippen molar-refractivity contribution in [1.82, 2.24) is 8.61 Å². The molecule has 6 heteroatoms. The minimum Gasteiger partial charge on any atom is -0.328 e. The van der Waals surface area contributed by atoms with Crippen molar-refractivity contribution in [2.45, 2.75) is 65.0 Å². The molecular weight excluding hydrogens is 286 g/mol. The van der Waals surface area contributed by atoms with Crippen LogP contribution < -0.4 is 5.73 Å². The second kappa shape index (κ2) is 6.94. The van der Waals surface area contributed by atoms with E-state index in [2.05, 4.69) is 13.8 Å². The Bertz CT molecular complexity index is 422. The molecule has 1 saturated carbocycles. The van der Waals surface area contributed by atoms with Gasteiger partial charge in [0, 0.05) is 31.7 Å². The van der Waals surface area contributed by atoms with Crippen molar-refractivity contribution in [2.75, 3.05) is 19.6 Å². The molecule has 0 aromatic carbocycles. The van der Waals surface area contributed by atoms with Crippen LogP contribution in [-0.2, 0) is 10.2 Å². The lowest BCUT2D eigenvalue weighted by Crippen LogP contribution is -2.53. The van der Waals surface area contributed by atoms with Crippen LogP contribution in [0.1, 0.15) is 52.9 Å². The smallest absolute Gasteiger partial charge is 0.282 e. The minimum absolute atomic E-state index is 0.132. The van der Waals surface area contributed by atoms with Crippen LogP contribution in [0.3, 0.4) is 0 Å². The van der Waals surface area contributed by atoms with Gasteiger partial charge in [-0.3, -0.25) is 0 Å². The summed E-state index contributed by atoms with van der Waals surface area (Å²) >= 11 is 0. The van der Waals surface area contributed by atoms with Gasteiger partial charge >= 0.3 is 0 Å². The topological polar surface area (TPSA) is 66.6 Å². The highest BCUT2D eigenvalue weighted by molar-refractivity contribution is 7.86. The van der Waals surface area contributed by atoms with Gasteiger partial charge in [0.1, 0.15) is 0 Å². The maximum absolute atomic E-state index is 13.0. The van der Waals surface area contributed by atoms with E-state index in [0.717, 1.165) is 32.1 Å². The number of hydrogen-bond acceptors (Lipinski definition) is 3. The van der Waals surface area contributed by atoms with E-state index in [1.165, 1.54) is 0 Å². The van der Waals surface area contributed by atoms with Gasteiger partial charge in [-0.05, 0) is 43.9 Å². The molecule has 1 aliphatic heterocycles. The molecular formula is C15H31N3O2S. The summed E-state index contributed by atoms with van der Waals surface area (Å²) in [5, 5.41) is 0. The van der Waals surface area contributed by atoms with E-state index >= 15 is 0 Å². The number of nitrogens with two attached hydrogens (primary N) is 1. The van der Waals surface area contributed by atoms with E-state index in [0.29, 0.717) is 31.5 Å². The van der Waals surface area contributed by atoms with Crippen LogP contribution in [0.15, 0.2) is 0 Å². The Hall–Kier alpha value is -0.170. The maximum atomic E-state index is 13.0. The Kier molecular flexibility index (Phi) is 5.68. The molecule has 2 unspecified atom stereocenters. The average Bonchev–Trinajstić information content (AvgIpc) is 2.40. The third kappa shape index (κ3) is 3.97. The van der Waals surface area contributed by atoms with Gasteiger partial charge in [0.25, 0.3) is 10.2 Å². The predicted molar refractivity (Wildman–Crippen MR) is 86.0 cm³/mol. The molecule has 1 heterocycles. The van der Waals surface area contributed by atoms with Crippen LogP contribution in [0.25, 0.3) is 0 Å². The normalized spacial score (nSPS) is 36.0. The van der Waals surface area contributed by atoms with Crippen molar-refractivity contribution >= 4 is 10.2 Å². The first-order valence-electron chi connectivity index (χ1n) is 8.37. The van der Waals surface area contributed by atoms with Crippen molar-refractivity contribution in [2.24, 2.45) is 17.6 Å². The summed E-state index contributed by atoms with van der Waals surface area (Å²) in [4.78, 5) is 0. The van der Waals surface area contributed by atoms with E-state index in [-0.39, 0.29) is 12.1 Å². The van der Waals surface area contributed by atoms with Crippen LogP contribution in [-0.4, -0.2) is 48.7 Å². The SMILES string of the molecule is CCN(C1CCC(N)CC1)S(=O)(=O)N1CC(C)CC(C)C1. The molecule has 0 spiro atoms. The highest BCUT2D eigenvalue weighted by Crippen LogP contribution is 2.29. The number of piperidine rings is 1. The number of hydrogen-bond donors (Lipinski definition) is 1. The van der Waals surface area contributed by atoms with E-state index < -0.39 is 10.2 Å². The molecule has 2 N–H and O–H groups in total. The fourth-order valence-corrected chi connectivity index (χ4v) is 6.04. The standard InChI is InChI=1S/C15H31N3O2S/c1-4-18(15-7-5-14(16)6-8-15)21(19,20)17-10-12(2)9-13(3)11-17/h12-15H,4-11,16H2,1-3H3. The average molecular weight is 317 g/mol. The summed E-state index contributed by atoms with van der Waals surface area (Å²) in [6, 6.07) is 0.380. The fourth-order valence-electron chi connectivity index (χ4n) is 3.94. The molecule has 2 aliphatic rings. The van der Waals surface area contributed by atoms with Gasteiger partial charge in [0.15, 0.2) is 0 Å². The quantitative estimate of drug-likeness (QED) is 0.860.